The van der Waals surface area contributed by atoms with Gasteiger partial charge in [0.25, 0.3) is 5.56 Å². The maximum absolute atomic E-state index is 12.0. The summed E-state index contributed by atoms with van der Waals surface area (Å²) in [6.07, 6.45) is 2.14. The third-order valence-electron chi connectivity index (χ3n) is 4.09. The summed E-state index contributed by atoms with van der Waals surface area (Å²) in [5, 5.41) is 7.33. The van der Waals surface area contributed by atoms with Crippen molar-refractivity contribution in [3.05, 3.63) is 34.4 Å². The van der Waals surface area contributed by atoms with Gasteiger partial charge >= 0.3 is 0 Å². The zero-order valence-corrected chi connectivity index (χ0v) is 11.5. The number of likely N-dealkylation sites (tertiary alicyclic amines) is 1. The molecule has 0 radical (unpaired) electrons. The molecule has 5 nitrogen and oxygen atoms in total. The molecule has 19 heavy (non-hydrogen) atoms. The van der Waals surface area contributed by atoms with Crippen molar-refractivity contribution in [1.29, 1.82) is 0 Å². The van der Waals surface area contributed by atoms with Gasteiger partial charge in [0, 0.05) is 18.0 Å². The number of pyridine rings is 1. The zero-order valence-electron chi connectivity index (χ0n) is 11.5. The van der Waals surface area contributed by atoms with E-state index in [0.717, 1.165) is 37.4 Å². The highest BCUT2D eigenvalue weighted by Crippen LogP contribution is 2.27. The summed E-state index contributed by atoms with van der Waals surface area (Å²) in [4.78, 5) is 14.4. The van der Waals surface area contributed by atoms with Crippen LogP contribution in [0, 0.1) is 0 Å². The highest BCUT2D eigenvalue weighted by Gasteiger charge is 2.25. The lowest BCUT2D eigenvalue weighted by Crippen LogP contribution is -2.38. The highest BCUT2D eigenvalue weighted by molar-refractivity contribution is 5.37. The Hall–Kier alpha value is -1.62. The zero-order chi connectivity index (χ0) is 13.4. The summed E-state index contributed by atoms with van der Waals surface area (Å²) < 4.78 is 1.72. The number of H-pyrrole nitrogens is 1. The molecule has 0 unspecified atom stereocenters. The molecular weight excluding hydrogens is 240 g/mol. The van der Waals surface area contributed by atoms with Crippen molar-refractivity contribution < 1.29 is 0 Å². The van der Waals surface area contributed by atoms with Crippen LogP contribution in [-0.2, 0) is 0 Å². The van der Waals surface area contributed by atoms with E-state index >= 15 is 0 Å². The predicted octanol–water partition coefficient (Wildman–Crippen LogP) is 1.61. The summed E-state index contributed by atoms with van der Waals surface area (Å²) >= 11 is 0. The van der Waals surface area contributed by atoms with Gasteiger partial charge in [0.15, 0.2) is 0 Å². The second kappa shape index (κ2) is 4.81. The topological polar surface area (TPSA) is 53.4 Å². The van der Waals surface area contributed by atoms with E-state index < -0.39 is 0 Å². The van der Waals surface area contributed by atoms with Crippen molar-refractivity contribution in [2.45, 2.75) is 38.6 Å². The van der Waals surface area contributed by atoms with Gasteiger partial charge in [0.2, 0.25) is 0 Å². The molecule has 1 aliphatic rings. The lowest BCUT2D eigenvalue weighted by atomic mass is 9.95. The Balaban J connectivity index is 1.88. The van der Waals surface area contributed by atoms with E-state index in [0.29, 0.717) is 12.0 Å². The van der Waals surface area contributed by atoms with E-state index in [2.05, 4.69) is 28.9 Å². The predicted molar refractivity (Wildman–Crippen MR) is 74.5 cm³/mol. The van der Waals surface area contributed by atoms with Crippen LogP contribution in [0.5, 0.6) is 0 Å². The molecule has 3 heterocycles. The lowest BCUT2D eigenvalue weighted by Gasteiger charge is -2.33. The van der Waals surface area contributed by atoms with Crippen molar-refractivity contribution in [3.63, 3.8) is 0 Å². The number of aromatic amines is 1. The van der Waals surface area contributed by atoms with Crippen LogP contribution < -0.4 is 5.56 Å². The molecule has 2 aromatic rings. The van der Waals surface area contributed by atoms with E-state index in [-0.39, 0.29) is 5.56 Å². The van der Waals surface area contributed by atoms with Gasteiger partial charge in [0.1, 0.15) is 11.5 Å². The second-order valence-electron chi connectivity index (χ2n) is 5.57. The first-order chi connectivity index (χ1) is 9.16. The Morgan fingerprint density at radius 1 is 1.32 bits per heavy atom. The average molecular weight is 260 g/mol. The molecule has 0 saturated carbocycles. The van der Waals surface area contributed by atoms with Crippen molar-refractivity contribution in [2.75, 3.05) is 13.1 Å². The maximum Gasteiger partial charge on any atom is 0.257 e. The van der Waals surface area contributed by atoms with Gasteiger partial charge in [-0.15, -0.1) is 0 Å². The van der Waals surface area contributed by atoms with Gasteiger partial charge in [-0.2, -0.15) is 5.10 Å². The molecule has 0 atom stereocenters. The van der Waals surface area contributed by atoms with Crippen molar-refractivity contribution in [2.24, 2.45) is 0 Å². The van der Waals surface area contributed by atoms with E-state index in [1.807, 2.05) is 6.07 Å². The normalized spacial score (nSPS) is 18.5. The smallest absolute Gasteiger partial charge is 0.257 e. The van der Waals surface area contributed by atoms with Gasteiger partial charge in [-0.1, -0.05) is 6.07 Å². The minimum Gasteiger partial charge on any atom is -0.301 e. The number of hydrogen-bond acceptors (Lipinski definition) is 3. The number of nitrogens with zero attached hydrogens (tertiary/aromatic N) is 3. The monoisotopic (exact) mass is 260 g/mol. The van der Waals surface area contributed by atoms with Gasteiger partial charge in [-0.05, 0) is 45.8 Å². The number of nitrogens with one attached hydrogen (secondary N) is 1. The molecular formula is C14H20N4O. The van der Waals surface area contributed by atoms with E-state index in [1.165, 1.54) is 0 Å². The number of hydrogen-bond donors (Lipinski definition) is 1. The van der Waals surface area contributed by atoms with E-state index in [1.54, 1.807) is 16.5 Å². The number of rotatable bonds is 2. The second-order valence-corrected chi connectivity index (χ2v) is 5.57. The number of fused-ring (bicyclic) bond motifs is 1. The summed E-state index contributed by atoms with van der Waals surface area (Å²) in [5.41, 5.74) is 0.793. The average Bonchev–Trinajstić information content (AvgIpc) is 2.84. The maximum atomic E-state index is 12.0. The first-order valence-electron chi connectivity index (χ1n) is 6.97. The Kier molecular flexibility index (Phi) is 3.14. The summed E-state index contributed by atoms with van der Waals surface area (Å²) in [6, 6.07) is 5.84. The number of aromatic nitrogens is 3. The first-order valence-corrected chi connectivity index (χ1v) is 6.97. The first kappa shape index (κ1) is 12.4. The molecule has 0 amide bonds. The Bertz CT molecular complexity index is 620. The summed E-state index contributed by atoms with van der Waals surface area (Å²) in [6.45, 7) is 6.63. The molecule has 1 N–H and O–H groups in total. The Labute approximate surface area is 112 Å². The Morgan fingerprint density at radius 3 is 2.74 bits per heavy atom. The van der Waals surface area contributed by atoms with E-state index in [9.17, 15) is 4.79 Å². The number of piperidine rings is 1. The fourth-order valence-electron chi connectivity index (χ4n) is 2.93. The summed E-state index contributed by atoms with van der Waals surface area (Å²) in [5.74, 6) is 1.27. The molecule has 1 saturated heterocycles. The molecule has 0 bridgehead atoms. The van der Waals surface area contributed by atoms with Crippen LogP contribution >= 0.6 is 0 Å². The van der Waals surface area contributed by atoms with Crippen LogP contribution in [0.3, 0.4) is 0 Å². The van der Waals surface area contributed by atoms with Gasteiger partial charge in [-0.3, -0.25) is 9.89 Å². The largest absolute Gasteiger partial charge is 0.301 e. The molecule has 1 aliphatic heterocycles. The highest BCUT2D eigenvalue weighted by atomic mass is 16.1. The fraction of sp³-hybridized carbons (Fsp3) is 0.571. The third-order valence-corrected chi connectivity index (χ3v) is 4.09. The molecule has 5 heteroatoms. The molecule has 3 rings (SSSR count). The van der Waals surface area contributed by atoms with Gasteiger partial charge in [0.05, 0.1) is 0 Å². The summed E-state index contributed by atoms with van der Waals surface area (Å²) in [7, 11) is 0. The Morgan fingerprint density at radius 2 is 2.05 bits per heavy atom. The quantitative estimate of drug-likeness (QED) is 0.892. The minimum atomic E-state index is 0.00698. The molecule has 2 aromatic heterocycles. The van der Waals surface area contributed by atoms with Crippen molar-refractivity contribution >= 4 is 5.65 Å². The van der Waals surface area contributed by atoms with Crippen molar-refractivity contribution in [1.82, 2.24) is 19.5 Å². The van der Waals surface area contributed by atoms with Crippen LogP contribution in [-0.4, -0.2) is 38.6 Å². The fourth-order valence-corrected chi connectivity index (χ4v) is 2.93. The van der Waals surface area contributed by atoms with Crippen LogP contribution in [0.2, 0.25) is 0 Å². The van der Waals surface area contributed by atoms with Crippen LogP contribution in [0.25, 0.3) is 5.65 Å². The van der Waals surface area contributed by atoms with Crippen LogP contribution in [0.4, 0.5) is 0 Å². The minimum absolute atomic E-state index is 0.00698. The van der Waals surface area contributed by atoms with Gasteiger partial charge in [-0.25, -0.2) is 4.40 Å². The molecule has 0 aliphatic carbocycles. The van der Waals surface area contributed by atoms with Crippen LogP contribution in [0.1, 0.15) is 38.4 Å². The lowest BCUT2D eigenvalue weighted by molar-refractivity contribution is 0.169. The van der Waals surface area contributed by atoms with Crippen LogP contribution in [0.15, 0.2) is 23.0 Å². The third kappa shape index (κ3) is 2.18. The molecule has 0 spiro atoms. The van der Waals surface area contributed by atoms with Gasteiger partial charge < -0.3 is 4.90 Å². The molecule has 0 aromatic carbocycles. The molecule has 102 valence electrons. The SMILES string of the molecule is CC(C)N1CCC(c2n[nH]c3cccc(=O)n23)CC1. The van der Waals surface area contributed by atoms with Crippen molar-refractivity contribution in [3.8, 4) is 0 Å². The molecule has 1 fully saturated rings. The van der Waals surface area contributed by atoms with E-state index in [4.69, 9.17) is 0 Å². The standard InChI is InChI=1S/C14H20N4O/c1-10(2)17-8-6-11(7-9-17)14-16-15-12-4-3-5-13(19)18(12)14/h3-5,10-11,15H,6-9H2,1-2H3.